The van der Waals surface area contributed by atoms with Crippen LogP contribution in [0.3, 0.4) is 0 Å². The van der Waals surface area contributed by atoms with Crippen LogP contribution in [0, 0.1) is 6.92 Å². The molecule has 0 spiro atoms. The highest BCUT2D eigenvalue weighted by molar-refractivity contribution is 5.77. The van der Waals surface area contributed by atoms with Crippen LogP contribution in [-0.2, 0) is 11.2 Å². The number of carbonyl (C=O) groups excluding carboxylic acids is 1. The van der Waals surface area contributed by atoms with E-state index in [1.54, 1.807) is 0 Å². The minimum atomic E-state index is -0.578. The number of carbonyl (C=O) groups is 1. The van der Waals surface area contributed by atoms with Gasteiger partial charge in [-0.15, -0.1) is 0 Å². The van der Waals surface area contributed by atoms with E-state index < -0.39 is 5.60 Å². The van der Waals surface area contributed by atoms with Gasteiger partial charge in [0.05, 0.1) is 5.60 Å². The molecule has 1 aromatic carbocycles. The SMILES string of the molecule is CCCCC[C@](C)(O)CCCN1CCC(=O)N1CCc1ccc(C)cc1. The molecule has 1 aromatic rings. The molecule has 0 aromatic heterocycles. The first kappa shape index (κ1) is 20.9. The van der Waals surface area contributed by atoms with E-state index in [2.05, 4.69) is 43.1 Å². The van der Waals surface area contributed by atoms with Crippen molar-refractivity contribution in [2.45, 2.75) is 77.7 Å². The summed E-state index contributed by atoms with van der Waals surface area (Å²) in [5.41, 5.74) is 1.96. The third-order valence-corrected chi connectivity index (χ3v) is 5.40. The second-order valence-electron chi connectivity index (χ2n) is 8.01. The number of aryl methyl sites for hydroxylation is 1. The van der Waals surface area contributed by atoms with Gasteiger partial charge in [0.1, 0.15) is 0 Å². The lowest BCUT2D eigenvalue weighted by Gasteiger charge is -2.30. The zero-order valence-corrected chi connectivity index (χ0v) is 16.8. The Morgan fingerprint density at radius 3 is 2.46 bits per heavy atom. The van der Waals surface area contributed by atoms with E-state index in [9.17, 15) is 9.90 Å². The molecule has 0 unspecified atom stereocenters. The Labute approximate surface area is 159 Å². The van der Waals surface area contributed by atoms with Crippen LogP contribution < -0.4 is 0 Å². The van der Waals surface area contributed by atoms with Crippen molar-refractivity contribution in [1.29, 1.82) is 0 Å². The van der Waals surface area contributed by atoms with Crippen molar-refractivity contribution < 1.29 is 9.90 Å². The van der Waals surface area contributed by atoms with Crippen molar-refractivity contribution in [1.82, 2.24) is 10.0 Å². The van der Waals surface area contributed by atoms with Crippen LogP contribution in [0.2, 0.25) is 0 Å². The predicted octanol–water partition coefficient (Wildman–Crippen LogP) is 4.10. The number of nitrogens with zero attached hydrogens (tertiary/aromatic N) is 2. The number of benzene rings is 1. The van der Waals surface area contributed by atoms with Crippen molar-refractivity contribution in [3.63, 3.8) is 0 Å². The van der Waals surface area contributed by atoms with Crippen LogP contribution in [0.1, 0.15) is 69.9 Å². The monoisotopic (exact) mass is 360 g/mol. The second kappa shape index (κ2) is 10.1. The number of hydrazine groups is 1. The second-order valence-corrected chi connectivity index (χ2v) is 8.01. The molecule has 2 rings (SSSR count). The average Bonchev–Trinajstić information content (AvgIpc) is 2.94. The number of unbranched alkanes of at least 4 members (excludes halogenated alkanes) is 2. The van der Waals surface area contributed by atoms with E-state index in [-0.39, 0.29) is 5.91 Å². The van der Waals surface area contributed by atoms with Crippen LogP contribution >= 0.6 is 0 Å². The Morgan fingerprint density at radius 1 is 1.08 bits per heavy atom. The van der Waals surface area contributed by atoms with E-state index in [1.807, 2.05) is 11.9 Å². The van der Waals surface area contributed by atoms with Gasteiger partial charge >= 0.3 is 0 Å². The molecule has 1 amide bonds. The van der Waals surface area contributed by atoms with Crippen molar-refractivity contribution in [3.8, 4) is 0 Å². The van der Waals surface area contributed by atoms with Crippen LogP contribution in [0.15, 0.2) is 24.3 Å². The third kappa shape index (κ3) is 6.73. The van der Waals surface area contributed by atoms with Gasteiger partial charge in [0.25, 0.3) is 0 Å². The largest absolute Gasteiger partial charge is 0.390 e. The summed E-state index contributed by atoms with van der Waals surface area (Å²) in [5, 5.41) is 14.6. The Bertz CT molecular complexity index is 554. The third-order valence-electron chi connectivity index (χ3n) is 5.40. The highest BCUT2D eigenvalue weighted by Crippen LogP contribution is 2.22. The summed E-state index contributed by atoms with van der Waals surface area (Å²) in [6, 6.07) is 8.54. The standard InChI is InChI=1S/C22H36N2O2/c1-4-5-6-14-22(3,26)15-7-16-23-17-13-21(25)24(23)18-12-20-10-8-19(2)9-11-20/h8-11,26H,4-7,12-18H2,1-3H3/t22-/m0/s1. The lowest BCUT2D eigenvalue weighted by Crippen LogP contribution is -2.41. The van der Waals surface area contributed by atoms with Crippen LogP contribution in [0.5, 0.6) is 0 Å². The molecule has 0 bridgehead atoms. The molecule has 1 aliphatic rings. The maximum atomic E-state index is 12.2. The van der Waals surface area contributed by atoms with Gasteiger partial charge in [-0.3, -0.25) is 9.80 Å². The first-order valence-electron chi connectivity index (χ1n) is 10.2. The normalized spacial score (nSPS) is 17.7. The van der Waals surface area contributed by atoms with Gasteiger partial charge in [0.15, 0.2) is 0 Å². The molecule has 1 heterocycles. The number of hydrogen-bond donors (Lipinski definition) is 1. The highest BCUT2D eigenvalue weighted by atomic mass is 16.3. The lowest BCUT2D eigenvalue weighted by atomic mass is 9.93. The summed E-state index contributed by atoms with van der Waals surface area (Å²) in [7, 11) is 0. The molecule has 0 saturated carbocycles. The van der Waals surface area contributed by atoms with E-state index in [4.69, 9.17) is 0 Å². The van der Waals surface area contributed by atoms with Gasteiger partial charge in [-0.2, -0.15) is 0 Å². The van der Waals surface area contributed by atoms with Crippen molar-refractivity contribution in [2.24, 2.45) is 0 Å². The fourth-order valence-corrected chi connectivity index (χ4v) is 3.64. The Hall–Kier alpha value is -1.39. The zero-order valence-electron chi connectivity index (χ0n) is 16.8. The van der Waals surface area contributed by atoms with Crippen molar-refractivity contribution in [2.75, 3.05) is 19.6 Å². The molecule has 1 saturated heterocycles. The van der Waals surface area contributed by atoms with Crippen molar-refractivity contribution in [3.05, 3.63) is 35.4 Å². The molecule has 1 aliphatic heterocycles. The molecule has 0 radical (unpaired) electrons. The average molecular weight is 361 g/mol. The quantitative estimate of drug-likeness (QED) is 0.604. The van der Waals surface area contributed by atoms with Gasteiger partial charge in [-0.25, -0.2) is 5.01 Å². The fourth-order valence-electron chi connectivity index (χ4n) is 3.64. The summed E-state index contributed by atoms with van der Waals surface area (Å²) in [5.74, 6) is 0.229. The molecule has 0 aliphatic carbocycles. The Morgan fingerprint density at radius 2 is 1.77 bits per heavy atom. The molecular weight excluding hydrogens is 324 g/mol. The first-order chi connectivity index (χ1) is 12.4. The van der Waals surface area contributed by atoms with Gasteiger partial charge in [0, 0.05) is 26.1 Å². The summed E-state index contributed by atoms with van der Waals surface area (Å²) in [6.07, 6.45) is 7.55. The summed E-state index contributed by atoms with van der Waals surface area (Å²) < 4.78 is 0. The number of hydrogen-bond acceptors (Lipinski definition) is 3. The maximum Gasteiger partial charge on any atom is 0.238 e. The first-order valence-corrected chi connectivity index (χ1v) is 10.2. The minimum Gasteiger partial charge on any atom is -0.390 e. The molecule has 26 heavy (non-hydrogen) atoms. The van der Waals surface area contributed by atoms with Crippen molar-refractivity contribution >= 4 is 5.91 Å². The summed E-state index contributed by atoms with van der Waals surface area (Å²) in [6.45, 7) is 8.63. The molecule has 1 atom stereocenters. The molecular formula is C22H36N2O2. The lowest BCUT2D eigenvalue weighted by molar-refractivity contribution is -0.138. The predicted molar refractivity (Wildman–Crippen MR) is 107 cm³/mol. The highest BCUT2D eigenvalue weighted by Gasteiger charge is 2.29. The van der Waals surface area contributed by atoms with E-state index in [0.29, 0.717) is 6.42 Å². The molecule has 1 fully saturated rings. The molecule has 4 nitrogen and oxygen atoms in total. The molecule has 146 valence electrons. The fraction of sp³-hybridized carbons (Fsp3) is 0.682. The van der Waals surface area contributed by atoms with E-state index in [0.717, 1.165) is 51.7 Å². The van der Waals surface area contributed by atoms with Gasteiger partial charge in [-0.05, 0) is 45.1 Å². The summed E-state index contributed by atoms with van der Waals surface area (Å²) in [4.78, 5) is 12.2. The smallest absolute Gasteiger partial charge is 0.238 e. The Balaban J connectivity index is 1.76. The zero-order chi connectivity index (χ0) is 19.0. The summed E-state index contributed by atoms with van der Waals surface area (Å²) >= 11 is 0. The number of rotatable bonds is 11. The van der Waals surface area contributed by atoms with Crippen LogP contribution in [0.4, 0.5) is 0 Å². The van der Waals surface area contributed by atoms with Gasteiger partial charge in [-0.1, -0.05) is 56.0 Å². The van der Waals surface area contributed by atoms with E-state index >= 15 is 0 Å². The van der Waals surface area contributed by atoms with Gasteiger partial charge in [0.2, 0.25) is 5.91 Å². The number of amides is 1. The Kier molecular flexibility index (Phi) is 8.11. The van der Waals surface area contributed by atoms with Crippen LogP contribution in [-0.4, -0.2) is 46.3 Å². The van der Waals surface area contributed by atoms with Gasteiger partial charge < -0.3 is 5.11 Å². The van der Waals surface area contributed by atoms with Crippen LogP contribution in [0.25, 0.3) is 0 Å². The minimum absolute atomic E-state index is 0.229. The molecule has 1 N–H and O–H groups in total. The van der Waals surface area contributed by atoms with E-state index in [1.165, 1.54) is 24.0 Å². The number of aliphatic hydroxyl groups is 1. The molecule has 4 heteroatoms. The topological polar surface area (TPSA) is 43.8 Å². The maximum absolute atomic E-state index is 12.2.